The summed E-state index contributed by atoms with van der Waals surface area (Å²) in [4.78, 5) is 13.5. The van der Waals surface area contributed by atoms with Crippen LogP contribution in [0.25, 0.3) is 0 Å². The van der Waals surface area contributed by atoms with Crippen molar-refractivity contribution in [2.75, 3.05) is 6.54 Å². The number of hydrogen-bond donors (Lipinski definition) is 1. The molecule has 1 amide bonds. The molecule has 3 heteroatoms. The fourth-order valence-electron chi connectivity index (χ4n) is 2.06. The molecule has 0 saturated carbocycles. The third kappa shape index (κ3) is 2.71. The van der Waals surface area contributed by atoms with Gasteiger partial charge in [-0.1, -0.05) is 20.3 Å². The third-order valence-corrected chi connectivity index (χ3v) is 3.16. The first-order valence-corrected chi connectivity index (χ1v) is 5.59. The van der Waals surface area contributed by atoms with Crippen LogP contribution in [0.3, 0.4) is 0 Å². The van der Waals surface area contributed by atoms with Gasteiger partial charge in [0, 0.05) is 25.0 Å². The highest BCUT2D eigenvalue weighted by atomic mass is 16.2. The van der Waals surface area contributed by atoms with Crippen molar-refractivity contribution < 1.29 is 4.79 Å². The van der Waals surface area contributed by atoms with Gasteiger partial charge in [0.2, 0.25) is 5.91 Å². The Morgan fingerprint density at radius 1 is 1.57 bits per heavy atom. The lowest BCUT2D eigenvalue weighted by atomic mass is 9.99. The highest BCUT2D eigenvalue weighted by Crippen LogP contribution is 2.19. The molecule has 14 heavy (non-hydrogen) atoms. The monoisotopic (exact) mass is 198 g/mol. The number of rotatable bonds is 4. The lowest BCUT2D eigenvalue weighted by molar-refractivity contribution is -0.129. The van der Waals surface area contributed by atoms with E-state index in [0.717, 1.165) is 13.0 Å². The topological polar surface area (TPSA) is 46.3 Å². The fourth-order valence-corrected chi connectivity index (χ4v) is 2.06. The molecule has 1 aliphatic heterocycles. The number of carbonyl (C=O) groups is 1. The molecule has 1 rings (SSSR count). The van der Waals surface area contributed by atoms with E-state index in [-0.39, 0.29) is 11.9 Å². The highest BCUT2D eigenvalue weighted by Gasteiger charge is 2.30. The summed E-state index contributed by atoms with van der Waals surface area (Å²) < 4.78 is 0. The molecule has 0 spiro atoms. The zero-order valence-corrected chi connectivity index (χ0v) is 9.49. The van der Waals surface area contributed by atoms with Gasteiger partial charge in [0.05, 0.1) is 0 Å². The molecule has 0 aromatic carbocycles. The van der Waals surface area contributed by atoms with E-state index in [2.05, 4.69) is 20.8 Å². The van der Waals surface area contributed by atoms with E-state index < -0.39 is 0 Å². The first-order valence-electron chi connectivity index (χ1n) is 5.59. The molecule has 1 saturated heterocycles. The largest absolute Gasteiger partial charge is 0.338 e. The van der Waals surface area contributed by atoms with Crippen molar-refractivity contribution in [3.05, 3.63) is 0 Å². The molecular formula is C11H22N2O. The van der Waals surface area contributed by atoms with E-state index >= 15 is 0 Å². The van der Waals surface area contributed by atoms with Gasteiger partial charge < -0.3 is 10.6 Å². The maximum absolute atomic E-state index is 11.5. The summed E-state index contributed by atoms with van der Waals surface area (Å²) >= 11 is 0. The maximum Gasteiger partial charge on any atom is 0.224 e. The lowest BCUT2D eigenvalue weighted by Crippen LogP contribution is -2.36. The first kappa shape index (κ1) is 11.5. The van der Waals surface area contributed by atoms with Crippen LogP contribution in [-0.4, -0.2) is 29.4 Å². The van der Waals surface area contributed by atoms with E-state index in [0.29, 0.717) is 18.4 Å². The summed E-state index contributed by atoms with van der Waals surface area (Å²) in [5.41, 5.74) is 5.75. The summed E-state index contributed by atoms with van der Waals surface area (Å²) in [5, 5.41) is 0. The number of nitrogens with two attached hydrogens (primary N) is 1. The highest BCUT2D eigenvalue weighted by molar-refractivity contribution is 5.79. The molecule has 0 aromatic heterocycles. The van der Waals surface area contributed by atoms with Crippen LogP contribution in [0.2, 0.25) is 0 Å². The predicted octanol–water partition coefficient (Wildman–Crippen LogP) is 1.37. The van der Waals surface area contributed by atoms with E-state index in [1.807, 2.05) is 4.90 Å². The Morgan fingerprint density at radius 2 is 2.21 bits per heavy atom. The van der Waals surface area contributed by atoms with Crippen LogP contribution >= 0.6 is 0 Å². The molecule has 0 radical (unpaired) electrons. The predicted molar refractivity (Wildman–Crippen MR) is 57.8 cm³/mol. The fraction of sp³-hybridized carbons (Fsp3) is 0.909. The van der Waals surface area contributed by atoms with Crippen molar-refractivity contribution >= 4 is 5.91 Å². The van der Waals surface area contributed by atoms with Crippen LogP contribution in [0.5, 0.6) is 0 Å². The molecule has 1 fully saturated rings. The number of carbonyl (C=O) groups excluding carboxylic acids is 1. The van der Waals surface area contributed by atoms with E-state index in [4.69, 9.17) is 5.73 Å². The van der Waals surface area contributed by atoms with Gasteiger partial charge in [-0.05, 0) is 19.3 Å². The number of likely N-dealkylation sites (tertiary alicyclic amines) is 1. The SMILES string of the molecule is CCC(C)CC(C)N1CC(N)CC1=O. The second kappa shape index (κ2) is 4.78. The van der Waals surface area contributed by atoms with Crippen molar-refractivity contribution in [2.24, 2.45) is 11.7 Å². The van der Waals surface area contributed by atoms with Crippen LogP contribution in [-0.2, 0) is 4.79 Å². The number of hydrogen-bond acceptors (Lipinski definition) is 2. The summed E-state index contributed by atoms with van der Waals surface area (Å²) in [6, 6.07) is 0.410. The van der Waals surface area contributed by atoms with Crippen LogP contribution in [0, 0.1) is 5.92 Å². The molecule has 2 N–H and O–H groups in total. The molecule has 82 valence electrons. The molecule has 0 aromatic rings. The normalized spacial score (nSPS) is 26.7. The Hall–Kier alpha value is -0.570. The Kier molecular flexibility index (Phi) is 3.93. The van der Waals surface area contributed by atoms with Gasteiger partial charge in [0.25, 0.3) is 0 Å². The van der Waals surface area contributed by atoms with Gasteiger partial charge in [0.15, 0.2) is 0 Å². The molecule has 0 aliphatic carbocycles. The third-order valence-electron chi connectivity index (χ3n) is 3.16. The van der Waals surface area contributed by atoms with Gasteiger partial charge in [-0.15, -0.1) is 0 Å². The smallest absolute Gasteiger partial charge is 0.224 e. The van der Waals surface area contributed by atoms with Crippen molar-refractivity contribution in [1.29, 1.82) is 0 Å². The molecule has 1 heterocycles. The number of nitrogens with zero attached hydrogens (tertiary/aromatic N) is 1. The van der Waals surface area contributed by atoms with E-state index in [1.54, 1.807) is 0 Å². The van der Waals surface area contributed by atoms with Crippen molar-refractivity contribution in [1.82, 2.24) is 4.90 Å². The Morgan fingerprint density at radius 3 is 2.64 bits per heavy atom. The Labute approximate surface area is 86.6 Å². The summed E-state index contributed by atoms with van der Waals surface area (Å²) in [6.45, 7) is 7.30. The second-order valence-electron chi connectivity index (χ2n) is 4.61. The summed E-state index contributed by atoms with van der Waals surface area (Å²) in [6.07, 6.45) is 2.80. The van der Waals surface area contributed by atoms with Gasteiger partial charge in [-0.25, -0.2) is 0 Å². The minimum absolute atomic E-state index is 0.0573. The van der Waals surface area contributed by atoms with Gasteiger partial charge in [-0.3, -0.25) is 4.79 Å². The molecule has 3 nitrogen and oxygen atoms in total. The van der Waals surface area contributed by atoms with Crippen LogP contribution in [0.1, 0.15) is 40.0 Å². The van der Waals surface area contributed by atoms with Gasteiger partial charge in [0.1, 0.15) is 0 Å². The molecule has 3 unspecified atom stereocenters. The average Bonchev–Trinajstić information content (AvgIpc) is 2.45. The molecule has 0 bridgehead atoms. The van der Waals surface area contributed by atoms with E-state index in [1.165, 1.54) is 6.42 Å². The van der Waals surface area contributed by atoms with Gasteiger partial charge >= 0.3 is 0 Å². The van der Waals surface area contributed by atoms with E-state index in [9.17, 15) is 4.79 Å². The van der Waals surface area contributed by atoms with Crippen LogP contribution in [0.4, 0.5) is 0 Å². The van der Waals surface area contributed by atoms with Crippen LogP contribution in [0.15, 0.2) is 0 Å². The summed E-state index contributed by atoms with van der Waals surface area (Å²) in [7, 11) is 0. The Bertz CT molecular complexity index is 205. The molecular weight excluding hydrogens is 176 g/mol. The van der Waals surface area contributed by atoms with Crippen molar-refractivity contribution in [3.8, 4) is 0 Å². The number of amides is 1. The zero-order chi connectivity index (χ0) is 10.7. The van der Waals surface area contributed by atoms with Gasteiger partial charge in [-0.2, -0.15) is 0 Å². The minimum Gasteiger partial charge on any atom is -0.338 e. The molecule has 1 aliphatic rings. The zero-order valence-electron chi connectivity index (χ0n) is 9.49. The second-order valence-corrected chi connectivity index (χ2v) is 4.61. The lowest BCUT2D eigenvalue weighted by Gasteiger charge is -2.26. The van der Waals surface area contributed by atoms with Crippen molar-refractivity contribution in [2.45, 2.75) is 52.1 Å². The summed E-state index contributed by atoms with van der Waals surface area (Å²) in [5.74, 6) is 0.919. The van der Waals surface area contributed by atoms with Crippen molar-refractivity contribution in [3.63, 3.8) is 0 Å². The standard InChI is InChI=1S/C11H22N2O/c1-4-8(2)5-9(3)13-7-10(12)6-11(13)14/h8-10H,4-7,12H2,1-3H3. The maximum atomic E-state index is 11.5. The Balaban J connectivity index is 2.44. The average molecular weight is 198 g/mol. The minimum atomic E-state index is 0.0573. The first-order chi connectivity index (χ1) is 6.54. The van der Waals surface area contributed by atoms with Crippen LogP contribution < -0.4 is 5.73 Å². The molecule has 3 atom stereocenters. The quantitative estimate of drug-likeness (QED) is 0.741.